The third-order valence-corrected chi connectivity index (χ3v) is 14.0. The Morgan fingerprint density at radius 3 is 1.54 bits per heavy atom. The van der Waals surface area contributed by atoms with E-state index in [1.54, 1.807) is 7.11 Å². The van der Waals surface area contributed by atoms with E-state index in [9.17, 15) is 10.2 Å². The molecule has 0 amide bonds. The Morgan fingerprint density at radius 1 is 0.620 bits per heavy atom. The number of hydrogen-bond donors (Lipinski definition) is 2. The van der Waals surface area contributed by atoms with Crippen LogP contribution in [0.15, 0.2) is 48.5 Å². The van der Waals surface area contributed by atoms with Crippen molar-refractivity contribution < 1.29 is 41.2 Å². The van der Waals surface area contributed by atoms with Crippen LogP contribution in [-0.4, -0.2) is 30.5 Å². The van der Waals surface area contributed by atoms with Crippen molar-refractivity contribution in [3.05, 3.63) is 85.6 Å². The molecule has 266 valence electrons. The monoisotopic (exact) mass is 751 g/mol. The van der Waals surface area contributed by atoms with Crippen LogP contribution >= 0.6 is 0 Å². The molecule has 8 fully saturated rings. The average molecular weight is 753 g/mol. The summed E-state index contributed by atoms with van der Waals surface area (Å²) in [5.41, 5.74) is 8.79. The molecule has 0 heterocycles. The molecule has 8 bridgehead atoms. The molecule has 0 aromatic heterocycles. The molecule has 3 aromatic rings. The van der Waals surface area contributed by atoms with Crippen molar-refractivity contribution in [3.63, 3.8) is 0 Å². The number of nitrogens with zero attached hydrogens (tertiary/aromatic N) is 1. The molecule has 2 N–H and O–H groups in total. The number of phenols is 2. The molecular weight excluding hydrogens is 694 g/mol. The molecule has 50 heavy (non-hydrogen) atoms. The quantitative estimate of drug-likeness (QED) is 0.225. The largest absolute Gasteiger partial charge is 2.00 e. The Bertz CT molecular complexity index is 1640. The van der Waals surface area contributed by atoms with Crippen LogP contribution in [0.1, 0.15) is 99.3 Å². The van der Waals surface area contributed by atoms with E-state index in [4.69, 9.17) is 4.74 Å². The second kappa shape index (κ2) is 14.0. The Morgan fingerprint density at radius 2 is 1.06 bits per heavy atom. The van der Waals surface area contributed by atoms with Crippen LogP contribution in [0.5, 0.6) is 11.5 Å². The summed E-state index contributed by atoms with van der Waals surface area (Å²) >= 11 is 0. The average Bonchev–Trinajstić information content (AvgIpc) is 3.02. The minimum atomic E-state index is 0. The maximum Gasteiger partial charge on any atom is 2.00 e. The molecule has 8 aliphatic carbocycles. The zero-order valence-corrected chi connectivity index (χ0v) is 33.7. The smallest absolute Gasteiger partial charge is 0.507 e. The molecule has 0 saturated heterocycles. The Balaban J connectivity index is 0.00000144. The van der Waals surface area contributed by atoms with E-state index in [0.29, 0.717) is 24.7 Å². The molecule has 8 saturated carbocycles. The van der Waals surface area contributed by atoms with E-state index < -0.39 is 0 Å². The minimum absolute atomic E-state index is 0. The standard InChI is InChI=1S/C43H53NO3.2CH3.Zr/c1-26-10-35(40(45)36(11-26)42-20-28-14-29(21-42)16-30(15-28)22-42)34-6-4-5-7-38(34)44(8-9-47-3)39-13-27(2)12-37(41(39)46)43-23-31-17-32(24-43)19-33(18-31)25-43;;;/h4-7,10-13,28-33,45-46H,8-9,14-25H2,1-3H3;2*1H3;/q;2*-1;+2. The van der Waals surface area contributed by atoms with Crippen molar-refractivity contribution in [1.29, 1.82) is 0 Å². The number of hydrogen-bond acceptors (Lipinski definition) is 4. The van der Waals surface area contributed by atoms with Crippen LogP contribution in [0.25, 0.3) is 11.1 Å². The van der Waals surface area contributed by atoms with Gasteiger partial charge in [-0.25, -0.2) is 0 Å². The first-order valence-electron chi connectivity index (χ1n) is 18.8. The van der Waals surface area contributed by atoms with Crippen LogP contribution < -0.4 is 4.90 Å². The number of rotatable bonds is 8. The predicted molar refractivity (Wildman–Crippen MR) is 203 cm³/mol. The zero-order chi connectivity index (χ0) is 32.1. The summed E-state index contributed by atoms with van der Waals surface area (Å²) in [6.45, 7) is 5.53. The summed E-state index contributed by atoms with van der Waals surface area (Å²) in [5.74, 6) is 5.79. The number of aromatic hydroxyl groups is 2. The van der Waals surface area contributed by atoms with Gasteiger partial charge in [-0.3, -0.25) is 0 Å². The van der Waals surface area contributed by atoms with Gasteiger partial charge in [-0.15, -0.1) is 0 Å². The number of anilines is 2. The third kappa shape index (κ3) is 6.13. The van der Waals surface area contributed by atoms with Crippen LogP contribution in [-0.2, 0) is 41.8 Å². The summed E-state index contributed by atoms with van der Waals surface area (Å²) < 4.78 is 5.69. The van der Waals surface area contributed by atoms with Crippen molar-refractivity contribution in [2.24, 2.45) is 35.5 Å². The number of benzene rings is 3. The van der Waals surface area contributed by atoms with Gasteiger partial charge in [0.25, 0.3) is 0 Å². The summed E-state index contributed by atoms with van der Waals surface area (Å²) in [7, 11) is 1.76. The van der Waals surface area contributed by atoms with E-state index in [1.165, 1.54) is 99.3 Å². The van der Waals surface area contributed by atoms with Gasteiger partial charge >= 0.3 is 26.2 Å². The van der Waals surface area contributed by atoms with Crippen molar-refractivity contribution in [2.75, 3.05) is 25.2 Å². The van der Waals surface area contributed by atoms with Crippen molar-refractivity contribution in [3.8, 4) is 22.6 Å². The number of methoxy groups -OCH3 is 1. The van der Waals surface area contributed by atoms with Gasteiger partial charge in [0.15, 0.2) is 0 Å². The maximum absolute atomic E-state index is 12.4. The van der Waals surface area contributed by atoms with Gasteiger partial charge in [0, 0.05) is 41.6 Å². The third-order valence-electron chi connectivity index (χ3n) is 14.0. The van der Waals surface area contributed by atoms with E-state index in [-0.39, 0.29) is 51.9 Å². The van der Waals surface area contributed by atoms with Crippen LogP contribution in [0.2, 0.25) is 0 Å². The maximum atomic E-state index is 12.4. The molecule has 8 aliphatic rings. The molecule has 5 heteroatoms. The topological polar surface area (TPSA) is 52.9 Å². The fourth-order valence-electron chi connectivity index (χ4n) is 13.1. The molecule has 11 rings (SSSR count). The van der Waals surface area contributed by atoms with Gasteiger partial charge in [0.1, 0.15) is 11.5 Å². The van der Waals surface area contributed by atoms with Gasteiger partial charge in [-0.2, -0.15) is 0 Å². The van der Waals surface area contributed by atoms with E-state index in [1.807, 2.05) is 0 Å². The summed E-state index contributed by atoms with van der Waals surface area (Å²) in [4.78, 5) is 2.28. The zero-order valence-electron chi connectivity index (χ0n) is 31.2. The van der Waals surface area contributed by atoms with E-state index in [2.05, 4.69) is 67.3 Å². The van der Waals surface area contributed by atoms with Crippen molar-refractivity contribution >= 4 is 11.4 Å². The first-order chi connectivity index (χ1) is 22.7. The molecule has 0 spiro atoms. The van der Waals surface area contributed by atoms with Crippen molar-refractivity contribution in [1.82, 2.24) is 0 Å². The summed E-state index contributed by atoms with van der Waals surface area (Å²) in [6.07, 6.45) is 15.6. The fraction of sp³-hybridized carbons (Fsp3) is 0.556. The Kier molecular flexibility index (Phi) is 10.6. The normalized spacial score (nSPS) is 32.6. The SMILES string of the molecule is COCCN(c1ccccc1-c1cc(C)cc(C23CC4CC(CC(C4)C2)C3)c1O)c1cc(C)cc(C23CC4CC(CC(C4)C2)C3)c1O.[CH3-].[CH3-].[Zr+2]. The first-order valence-corrected chi connectivity index (χ1v) is 18.8. The molecule has 0 radical (unpaired) electrons. The first kappa shape index (κ1) is 37.7. The van der Waals surface area contributed by atoms with Gasteiger partial charge in [0.2, 0.25) is 0 Å². The van der Waals surface area contributed by atoms with Crippen LogP contribution in [0, 0.1) is 64.2 Å². The Labute approximate surface area is 321 Å². The molecule has 3 aromatic carbocycles. The summed E-state index contributed by atoms with van der Waals surface area (Å²) in [5, 5.41) is 24.7. The van der Waals surface area contributed by atoms with Gasteiger partial charge in [0.05, 0.1) is 12.3 Å². The van der Waals surface area contributed by atoms with Gasteiger partial charge < -0.3 is 34.7 Å². The second-order valence-electron chi connectivity index (χ2n) is 17.4. The minimum Gasteiger partial charge on any atom is -0.507 e. The molecular formula is C45H59NO3Zr. The summed E-state index contributed by atoms with van der Waals surface area (Å²) in [6, 6.07) is 17.5. The van der Waals surface area contributed by atoms with E-state index >= 15 is 0 Å². The van der Waals surface area contributed by atoms with Crippen LogP contribution in [0.3, 0.4) is 0 Å². The molecule has 4 nitrogen and oxygen atoms in total. The molecule has 0 aliphatic heterocycles. The molecule has 0 unspecified atom stereocenters. The van der Waals surface area contributed by atoms with Gasteiger partial charge in [-0.05, 0) is 167 Å². The number of phenolic OH excluding ortho intramolecular Hbond substituents is 2. The van der Waals surface area contributed by atoms with Crippen molar-refractivity contribution in [2.45, 2.75) is 102 Å². The number of para-hydroxylation sites is 1. The number of aryl methyl sites for hydroxylation is 2. The van der Waals surface area contributed by atoms with Crippen LogP contribution in [0.4, 0.5) is 11.4 Å². The van der Waals surface area contributed by atoms with Gasteiger partial charge in [-0.1, -0.05) is 30.3 Å². The Hall–Kier alpha value is -2.10. The fourth-order valence-corrected chi connectivity index (χ4v) is 13.1. The predicted octanol–water partition coefficient (Wildman–Crippen LogP) is 11.0. The second-order valence-corrected chi connectivity index (χ2v) is 17.4. The number of ether oxygens (including phenoxy) is 1. The van der Waals surface area contributed by atoms with E-state index in [0.717, 1.165) is 58.0 Å². The molecule has 0 atom stereocenters.